The van der Waals surface area contributed by atoms with Gasteiger partial charge in [0, 0.05) is 26.3 Å². The van der Waals surface area contributed by atoms with E-state index in [1.54, 1.807) is 6.08 Å². The van der Waals surface area contributed by atoms with Crippen molar-refractivity contribution in [2.75, 3.05) is 5.32 Å². The van der Waals surface area contributed by atoms with Crippen LogP contribution in [-0.4, -0.2) is 10.5 Å². The number of halogens is 1. The average molecular weight is 481 g/mol. The van der Waals surface area contributed by atoms with Crippen molar-refractivity contribution in [2.24, 2.45) is 0 Å². The van der Waals surface area contributed by atoms with E-state index in [0.717, 1.165) is 31.8 Å². The van der Waals surface area contributed by atoms with Crippen molar-refractivity contribution in [1.29, 1.82) is 5.26 Å². The SMILES string of the molecule is Cc1ccc(NC(=O)/C(C#N)=C\c2cc(C)n(-c3cccc(I)c3)c2C)cc1. The first-order valence-electron chi connectivity index (χ1n) is 8.83. The van der Waals surface area contributed by atoms with E-state index in [9.17, 15) is 10.1 Å². The van der Waals surface area contributed by atoms with Crippen molar-refractivity contribution < 1.29 is 4.79 Å². The summed E-state index contributed by atoms with van der Waals surface area (Å²) >= 11 is 2.29. The molecule has 5 heteroatoms. The lowest BCUT2D eigenvalue weighted by atomic mass is 10.1. The van der Waals surface area contributed by atoms with Crippen LogP contribution in [0.3, 0.4) is 0 Å². The molecule has 0 saturated carbocycles. The molecule has 0 radical (unpaired) electrons. The largest absolute Gasteiger partial charge is 0.321 e. The smallest absolute Gasteiger partial charge is 0.266 e. The molecule has 1 N–H and O–H groups in total. The van der Waals surface area contributed by atoms with Crippen LogP contribution in [0.4, 0.5) is 5.69 Å². The van der Waals surface area contributed by atoms with E-state index in [2.05, 4.69) is 38.5 Å². The van der Waals surface area contributed by atoms with Gasteiger partial charge in [-0.15, -0.1) is 0 Å². The lowest BCUT2D eigenvalue weighted by Gasteiger charge is -2.10. The second-order valence-corrected chi connectivity index (χ2v) is 7.88. The number of aromatic nitrogens is 1. The lowest BCUT2D eigenvalue weighted by Crippen LogP contribution is -2.13. The summed E-state index contributed by atoms with van der Waals surface area (Å²) in [6.07, 6.45) is 1.65. The molecule has 3 aromatic rings. The highest BCUT2D eigenvalue weighted by Gasteiger charge is 2.14. The highest BCUT2D eigenvalue weighted by atomic mass is 127. The summed E-state index contributed by atoms with van der Waals surface area (Å²) in [6.45, 7) is 5.99. The van der Waals surface area contributed by atoms with E-state index in [0.29, 0.717) is 5.69 Å². The Morgan fingerprint density at radius 3 is 2.46 bits per heavy atom. The Balaban J connectivity index is 1.93. The van der Waals surface area contributed by atoms with E-state index in [-0.39, 0.29) is 5.57 Å². The number of carbonyl (C=O) groups excluding carboxylic acids is 1. The molecule has 4 nitrogen and oxygen atoms in total. The maximum absolute atomic E-state index is 12.5. The zero-order chi connectivity index (χ0) is 20.3. The van der Waals surface area contributed by atoms with Crippen LogP contribution in [0.1, 0.15) is 22.5 Å². The van der Waals surface area contributed by atoms with E-state index < -0.39 is 5.91 Å². The number of nitrogens with zero attached hydrogens (tertiary/aromatic N) is 2. The number of nitrogens with one attached hydrogen (secondary N) is 1. The zero-order valence-electron chi connectivity index (χ0n) is 16.0. The van der Waals surface area contributed by atoms with Crippen LogP contribution in [0.15, 0.2) is 60.2 Å². The summed E-state index contributed by atoms with van der Waals surface area (Å²) in [7, 11) is 0. The molecule has 0 spiro atoms. The number of amides is 1. The van der Waals surface area contributed by atoms with Gasteiger partial charge in [0.05, 0.1) is 0 Å². The van der Waals surface area contributed by atoms with Gasteiger partial charge in [0.1, 0.15) is 11.6 Å². The number of hydrogen-bond donors (Lipinski definition) is 1. The molecule has 0 saturated heterocycles. The van der Waals surface area contributed by atoms with Crippen LogP contribution in [0.5, 0.6) is 0 Å². The molecular weight excluding hydrogens is 461 g/mol. The molecule has 0 aliphatic rings. The maximum atomic E-state index is 12.5. The van der Waals surface area contributed by atoms with Gasteiger partial charge in [-0.1, -0.05) is 23.8 Å². The molecule has 1 heterocycles. The van der Waals surface area contributed by atoms with Crippen LogP contribution in [0, 0.1) is 35.7 Å². The standard InChI is InChI=1S/C23H20IN3O/c1-15-7-9-21(10-8-15)26-23(28)19(14-25)12-18-11-16(2)27(17(18)3)22-6-4-5-20(24)13-22/h4-13H,1-3H3,(H,26,28)/b19-12-. The van der Waals surface area contributed by atoms with Crippen molar-refractivity contribution in [1.82, 2.24) is 4.57 Å². The minimum Gasteiger partial charge on any atom is -0.321 e. The zero-order valence-corrected chi connectivity index (χ0v) is 18.1. The maximum Gasteiger partial charge on any atom is 0.266 e. The molecule has 0 unspecified atom stereocenters. The summed E-state index contributed by atoms with van der Waals surface area (Å²) in [5, 5.41) is 12.3. The first-order chi connectivity index (χ1) is 13.4. The van der Waals surface area contributed by atoms with E-state index >= 15 is 0 Å². The van der Waals surface area contributed by atoms with Gasteiger partial charge in [0.25, 0.3) is 5.91 Å². The highest BCUT2D eigenvalue weighted by molar-refractivity contribution is 14.1. The summed E-state index contributed by atoms with van der Waals surface area (Å²) in [6, 6.07) is 19.7. The van der Waals surface area contributed by atoms with Gasteiger partial charge in [-0.05, 0) is 91.4 Å². The Morgan fingerprint density at radius 1 is 1.11 bits per heavy atom. The fraction of sp³-hybridized carbons (Fsp3) is 0.130. The predicted octanol–water partition coefficient (Wildman–Crippen LogP) is 5.55. The summed E-state index contributed by atoms with van der Waals surface area (Å²) in [5.74, 6) is -0.412. The Morgan fingerprint density at radius 2 is 1.82 bits per heavy atom. The molecule has 28 heavy (non-hydrogen) atoms. The van der Waals surface area contributed by atoms with E-state index in [1.807, 2.05) is 75.4 Å². The monoisotopic (exact) mass is 481 g/mol. The molecular formula is C23H20IN3O. The van der Waals surface area contributed by atoms with Crippen LogP contribution < -0.4 is 5.32 Å². The number of hydrogen-bond acceptors (Lipinski definition) is 2. The van der Waals surface area contributed by atoms with Gasteiger partial charge in [0.2, 0.25) is 0 Å². The van der Waals surface area contributed by atoms with Gasteiger partial charge >= 0.3 is 0 Å². The minimum absolute atomic E-state index is 0.0727. The predicted molar refractivity (Wildman–Crippen MR) is 121 cm³/mol. The van der Waals surface area contributed by atoms with Crippen LogP contribution in [0.2, 0.25) is 0 Å². The minimum atomic E-state index is -0.412. The fourth-order valence-electron chi connectivity index (χ4n) is 3.09. The van der Waals surface area contributed by atoms with Crippen molar-refractivity contribution in [3.63, 3.8) is 0 Å². The van der Waals surface area contributed by atoms with Crippen LogP contribution in [-0.2, 0) is 4.79 Å². The third-order valence-electron chi connectivity index (χ3n) is 4.51. The van der Waals surface area contributed by atoms with Gasteiger partial charge in [-0.2, -0.15) is 5.26 Å². The number of nitriles is 1. The second kappa shape index (κ2) is 8.44. The van der Waals surface area contributed by atoms with E-state index in [1.165, 1.54) is 0 Å². The summed E-state index contributed by atoms with van der Waals surface area (Å²) in [4.78, 5) is 12.5. The number of anilines is 1. The third-order valence-corrected chi connectivity index (χ3v) is 5.18. The number of carbonyl (C=O) groups is 1. The molecule has 0 aliphatic carbocycles. The highest BCUT2D eigenvalue weighted by Crippen LogP contribution is 2.24. The first kappa shape index (κ1) is 19.9. The molecule has 2 aromatic carbocycles. The molecule has 0 fully saturated rings. The van der Waals surface area contributed by atoms with Crippen molar-refractivity contribution in [3.8, 4) is 11.8 Å². The van der Waals surface area contributed by atoms with E-state index in [4.69, 9.17) is 0 Å². The summed E-state index contributed by atoms with van der Waals surface area (Å²) < 4.78 is 3.27. The Hall–Kier alpha value is -2.85. The molecule has 3 rings (SSSR count). The van der Waals surface area contributed by atoms with Gasteiger partial charge < -0.3 is 9.88 Å². The molecule has 140 valence electrons. The Labute approximate surface area is 178 Å². The molecule has 1 amide bonds. The van der Waals surface area contributed by atoms with Crippen molar-refractivity contribution in [2.45, 2.75) is 20.8 Å². The number of benzene rings is 2. The first-order valence-corrected chi connectivity index (χ1v) is 9.91. The number of rotatable bonds is 4. The quantitative estimate of drug-likeness (QED) is 0.302. The summed E-state index contributed by atoms with van der Waals surface area (Å²) in [5.41, 5.74) is 5.79. The second-order valence-electron chi connectivity index (χ2n) is 6.63. The molecule has 0 bridgehead atoms. The fourth-order valence-corrected chi connectivity index (χ4v) is 3.61. The molecule has 1 aromatic heterocycles. The molecule has 0 atom stereocenters. The lowest BCUT2D eigenvalue weighted by molar-refractivity contribution is -0.112. The Bertz CT molecular complexity index is 1100. The molecule has 0 aliphatic heterocycles. The average Bonchev–Trinajstić information content (AvgIpc) is 2.94. The topological polar surface area (TPSA) is 57.8 Å². The normalized spacial score (nSPS) is 11.2. The van der Waals surface area contributed by atoms with Crippen molar-refractivity contribution in [3.05, 3.63) is 86.3 Å². The van der Waals surface area contributed by atoms with Crippen LogP contribution >= 0.6 is 22.6 Å². The van der Waals surface area contributed by atoms with Crippen molar-refractivity contribution >= 4 is 40.3 Å². The number of aryl methyl sites for hydroxylation is 2. The van der Waals surface area contributed by atoms with Gasteiger partial charge in [0.15, 0.2) is 0 Å². The third kappa shape index (κ3) is 4.34. The Kier molecular flexibility index (Phi) is 6.00. The van der Waals surface area contributed by atoms with Crippen LogP contribution in [0.25, 0.3) is 11.8 Å². The van der Waals surface area contributed by atoms with Gasteiger partial charge in [-0.25, -0.2) is 0 Å². The van der Waals surface area contributed by atoms with Gasteiger partial charge in [-0.3, -0.25) is 4.79 Å².